The van der Waals surface area contributed by atoms with Gasteiger partial charge in [0, 0.05) is 6.61 Å². The van der Waals surface area contributed by atoms with Gasteiger partial charge in [0.05, 0.1) is 6.10 Å². The van der Waals surface area contributed by atoms with Crippen molar-refractivity contribution < 1.29 is 15.3 Å². The van der Waals surface area contributed by atoms with E-state index in [2.05, 4.69) is 6.92 Å². The summed E-state index contributed by atoms with van der Waals surface area (Å²) in [6.07, 6.45) is -0.669. The van der Waals surface area contributed by atoms with Gasteiger partial charge in [-0.25, -0.2) is 0 Å². The van der Waals surface area contributed by atoms with E-state index in [9.17, 15) is 10.2 Å². The van der Waals surface area contributed by atoms with Gasteiger partial charge in [0.15, 0.2) is 0 Å². The molecule has 0 saturated heterocycles. The van der Waals surface area contributed by atoms with E-state index in [0.717, 1.165) is 6.42 Å². The standard InChI is InChI=1S/C12H18O3/c1-2-9-3-5-10(6-4-9)12(15)11(14)7-8-13/h3-6,11-15H,2,7-8H2,1H3. The van der Waals surface area contributed by atoms with Crippen LogP contribution in [0.1, 0.15) is 30.6 Å². The number of benzene rings is 1. The van der Waals surface area contributed by atoms with Crippen LogP contribution in [0.25, 0.3) is 0 Å². The molecule has 0 aliphatic rings. The normalized spacial score (nSPS) is 14.9. The fourth-order valence-electron chi connectivity index (χ4n) is 1.46. The lowest BCUT2D eigenvalue weighted by atomic mass is 10.0. The minimum Gasteiger partial charge on any atom is -0.396 e. The molecule has 0 amide bonds. The number of aryl methyl sites for hydroxylation is 1. The highest BCUT2D eigenvalue weighted by Crippen LogP contribution is 2.19. The van der Waals surface area contributed by atoms with Crippen LogP contribution in [0, 0.1) is 0 Å². The highest BCUT2D eigenvalue weighted by atomic mass is 16.3. The fraction of sp³-hybridized carbons (Fsp3) is 0.500. The number of aliphatic hydroxyl groups excluding tert-OH is 3. The van der Waals surface area contributed by atoms with Gasteiger partial charge in [-0.15, -0.1) is 0 Å². The molecule has 3 N–H and O–H groups in total. The van der Waals surface area contributed by atoms with Crippen molar-refractivity contribution in [3.05, 3.63) is 35.4 Å². The summed E-state index contributed by atoms with van der Waals surface area (Å²) < 4.78 is 0. The summed E-state index contributed by atoms with van der Waals surface area (Å²) in [4.78, 5) is 0. The molecule has 2 atom stereocenters. The van der Waals surface area contributed by atoms with Gasteiger partial charge in [-0.05, 0) is 24.0 Å². The third-order valence-corrected chi connectivity index (χ3v) is 2.52. The number of rotatable bonds is 5. The maximum Gasteiger partial charge on any atom is 0.105 e. The molecule has 84 valence electrons. The molecule has 1 aromatic carbocycles. The van der Waals surface area contributed by atoms with Crippen molar-refractivity contribution in [3.63, 3.8) is 0 Å². The Kier molecular flexibility index (Phi) is 4.75. The zero-order chi connectivity index (χ0) is 11.3. The van der Waals surface area contributed by atoms with Crippen molar-refractivity contribution in [1.82, 2.24) is 0 Å². The van der Waals surface area contributed by atoms with Gasteiger partial charge in [0.1, 0.15) is 6.10 Å². The van der Waals surface area contributed by atoms with Crippen LogP contribution in [-0.2, 0) is 6.42 Å². The first kappa shape index (κ1) is 12.2. The predicted molar refractivity (Wildman–Crippen MR) is 58.5 cm³/mol. The van der Waals surface area contributed by atoms with E-state index in [1.807, 2.05) is 24.3 Å². The van der Waals surface area contributed by atoms with Gasteiger partial charge < -0.3 is 15.3 Å². The molecule has 0 heterocycles. The van der Waals surface area contributed by atoms with Crippen LogP contribution in [0.15, 0.2) is 24.3 Å². The molecule has 0 bridgehead atoms. The minimum absolute atomic E-state index is 0.120. The van der Waals surface area contributed by atoms with Gasteiger partial charge in [-0.3, -0.25) is 0 Å². The Bertz CT molecular complexity index is 281. The third-order valence-electron chi connectivity index (χ3n) is 2.52. The summed E-state index contributed by atoms with van der Waals surface area (Å²) in [7, 11) is 0. The van der Waals surface area contributed by atoms with E-state index in [1.165, 1.54) is 5.56 Å². The maximum atomic E-state index is 9.72. The lowest BCUT2D eigenvalue weighted by molar-refractivity contribution is 0.00421. The van der Waals surface area contributed by atoms with Crippen molar-refractivity contribution in [3.8, 4) is 0 Å². The van der Waals surface area contributed by atoms with E-state index in [1.54, 1.807) is 0 Å². The second-order valence-corrected chi connectivity index (χ2v) is 3.62. The van der Waals surface area contributed by atoms with E-state index in [0.29, 0.717) is 5.56 Å². The van der Waals surface area contributed by atoms with E-state index in [4.69, 9.17) is 5.11 Å². The lowest BCUT2D eigenvalue weighted by Crippen LogP contribution is -2.19. The molecule has 2 unspecified atom stereocenters. The van der Waals surface area contributed by atoms with Crippen LogP contribution in [0.3, 0.4) is 0 Å². The van der Waals surface area contributed by atoms with Gasteiger partial charge in [0.2, 0.25) is 0 Å². The summed E-state index contributed by atoms with van der Waals surface area (Å²) in [6, 6.07) is 7.49. The van der Waals surface area contributed by atoms with Gasteiger partial charge in [-0.1, -0.05) is 31.2 Å². The van der Waals surface area contributed by atoms with Crippen molar-refractivity contribution in [2.45, 2.75) is 32.0 Å². The summed E-state index contributed by atoms with van der Waals surface area (Å²) in [5.41, 5.74) is 1.88. The Balaban J connectivity index is 2.69. The van der Waals surface area contributed by atoms with E-state index in [-0.39, 0.29) is 13.0 Å². The number of hydrogen-bond acceptors (Lipinski definition) is 3. The van der Waals surface area contributed by atoms with Gasteiger partial charge >= 0.3 is 0 Å². The molecule has 1 aromatic rings. The molecule has 3 heteroatoms. The number of aliphatic hydroxyl groups is 3. The molecule has 0 aromatic heterocycles. The third kappa shape index (κ3) is 3.30. The average molecular weight is 210 g/mol. The van der Waals surface area contributed by atoms with E-state index < -0.39 is 12.2 Å². The quantitative estimate of drug-likeness (QED) is 0.680. The summed E-state index contributed by atoms with van der Waals surface area (Å²) in [5, 5.41) is 27.9. The molecule has 3 nitrogen and oxygen atoms in total. The zero-order valence-electron chi connectivity index (χ0n) is 8.93. The molecule has 15 heavy (non-hydrogen) atoms. The van der Waals surface area contributed by atoms with Crippen LogP contribution in [0.2, 0.25) is 0 Å². The topological polar surface area (TPSA) is 60.7 Å². The minimum atomic E-state index is -0.914. The highest BCUT2D eigenvalue weighted by molar-refractivity contribution is 5.24. The molecule has 0 aliphatic carbocycles. The first-order chi connectivity index (χ1) is 7.19. The molecule has 0 radical (unpaired) electrons. The second kappa shape index (κ2) is 5.85. The largest absolute Gasteiger partial charge is 0.396 e. The van der Waals surface area contributed by atoms with E-state index >= 15 is 0 Å². The predicted octanol–water partition coefficient (Wildman–Crippen LogP) is 1.03. The smallest absolute Gasteiger partial charge is 0.105 e. The van der Waals surface area contributed by atoms with Gasteiger partial charge in [0.25, 0.3) is 0 Å². The van der Waals surface area contributed by atoms with Gasteiger partial charge in [-0.2, -0.15) is 0 Å². The monoisotopic (exact) mass is 210 g/mol. The Morgan fingerprint density at radius 2 is 1.73 bits per heavy atom. The highest BCUT2D eigenvalue weighted by Gasteiger charge is 2.17. The Hall–Kier alpha value is -0.900. The molecule has 0 spiro atoms. The SMILES string of the molecule is CCc1ccc(C(O)C(O)CCO)cc1. The van der Waals surface area contributed by atoms with Crippen molar-refractivity contribution in [2.75, 3.05) is 6.61 Å². The average Bonchev–Trinajstić information content (AvgIpc) is 2.28. The van der Waals surface area contributed by atoms with Crippen LogP contribution in [0.4, 0.5) is 0 Å². The van der Waals surface area contributed by atoms with Crippen molar-refractivity contribution >= 4 is 0 Å². The van der Waals surface area contributed by atoms with Crippen LogP contribution >= 0.6 is 0 Å². The molecule has 1 rings (SSSR count). The lowest BCUT2D eigenvalue weighted by Gasteiger charge is -2.17. The summed E-state index contributed by atoms with van der Waals surface area (Å²) >= 11 is 0. The molecule has 0 saturated carbocycles. The fourth-order valence-corrected chi connectivity index (χ4v) is 1.46. The molecular weight excluding hydrogens is 192 g/mol. The van der Waals surface area contributed by atoms with Crippen LogP contribution < -0.4 is 0 Å². The molecule has 0 aliphatic heterocycles. The Morgan fingerprint density at radius 1 is 1.13 bits per heavy atom. The summed E-state index contributed by atoms with van der Waals surface area (Å²) in [5.74, 6) is 0. The zero-order valence-corrected chi connectivity index (χ0v) is 8.93. The van der Waals surface area contributed by atoms with Crippen LogP contribution in [-0.4, -0.2) is 28.0 Å². The Labute approximate surface area is 90.0 Å². The number of hydrogen-bond donors (Lipinski definition) is 3. The van der Waals surface area contributed by atoms with Crippen LogP contribution in [0.5, 0.6) is 0 Å². The first-order valence-electron chi connectivity index (χ1n) is 5.24. The summed E-state index contributed by atoms with van der Waals surface area (Å²) in [6.45, 7) is 1.94. The second-order valence-electron chi connectivity index (χ2n) is 3.62. The maximum absolute atomic E-state index is 9.72. The molecular formula is C12H18O3. The first-order valence-corrected chi connectivity index (χ1v) is 5.24. The van der Waals surface area contributed by atoms with Crippen molar-refractivity contribution in [1.29, 1.82) is 0 Å². The molecule has 0 fully saturated rings. The van der Waals surface area contributed by atoms with Crippen molar-refractivity contribution in [2.24, 2.45) is 0 Å². The Morgan fingerprint density at radius 3 is 2.20 bits per heavy atom.